The van der Waals surface area contributed by atoms with Crippen molar-refractivity contribution in [3.63, 3.8) is 0 Å². The second kappa shape index (κ2) is 5.77. The average molecular weight is 241 g/mol. The van der Waals surface area contributed by atoms with Gasteiger partial charge in [-0.1, -0.05) is 32.0 Å². The number of hydrogen-bond acceptors (Lipinski definition) is 2. The van der Waals surface area contributed by atoms with Crippen molar-refractivity contribution in [3.8, 4) is 0 Å². The van der Waals surface area contributed by atoms with Crippen molar-refractivity contribution in [2.24, 2.45) is 5.92 Å². The van der Waals surface area contributed by atoms with Crippen LogP contribution in [0.5, 0.6) is 0 Å². The van der Waals surface area contributed by atoms with Gasteiger partial charge in [-0.05, 0) is 18.1 Å². The first-order valence-electron chi connectivity index (χ1n) is 4.98. The standard InChI is InChI=1S/C11H15NO3S/c1-8(2)10(11(13)14)12-16(15)9-6-4-3-5-7-9/h3-8,10,12H,1-2H3,(H,13,14)/t10-,16?/m0/s1. The molecule has 1 aromatic rings. The van der Waals surface area contributed by atoms with Gasteiger partial charge in [0.15, 0.2) is 0 Å². The maximum Gasteiger partial charge on any atom is 0.321 e. The second-order valence-electron chi connectivity index (χ2n) is 3.76. The molecule has 0 bridgehead atoms. The van der Waals surface area contributed by atoms with Gasteiger partial charge in [0, 0.05) is 0 Å². The predicted octanol–water partition coefficient (Wildman–Crippen LogP) is 1.41. The van der Waals surface area contributed by atoms with Gasteiger partial charge in [0.25, 0.3) is 0 Å². The molecule has 4 nitrogen and oxygen atoms in total. The molecular formula is C11H15NO3S. The zero-order valence-electron chi connectivity index (χ0n) is 9.21. The summed E-state index contributed by atoms with van der Waals surface area (Å²) in [5.41, 5.74) is 0. The van der Waals surface area contributed by atoms with Crippen molar-refractivity contribution in [2.45, 2.75) is 24.8 Å². The number of carboxylic acids is 1. The van der Waals surface area contributed by atoms with Crippen LogP contribution in [0.25, 0.3) is 0 Å². The van der Waals surface area contributed by atoms with E-state index in [4.69, 9.17) is 5.11 Å². The molecule has 1 unspecified atom stereocenters. The Labute approximate surface area is 97.3 Å². The molecule has 0 aromatic heterocycles. The van der Waals surface area contributed by atoms with E-state index in [2.05, 4.69) is 4.72 Å². The van der Waals surface area contributed by atoms with Gasteiger partial charge < -0.3 is 5.11 Å². The highest BCUT2D eigenvalue weighted by Gasteiger charge is 2.23. The number of benzene rings is 1. The average Bonchev–Trinajstić information content (AvgIpc) is 2.25. The van der Waals surface area contributed by atoms with Crippen molar-refractivity contribution < 1.29 is 14.1 Å². The highest BCUT2D eigenvalue weighted by molar-refractivity contribution is 7.83. The fourth-order valence-corrected chi connectivity index (χ4v) is 2.34. The summed E-state index contributed by atoms with van der Waals surface area (Å²) in [7, 11) is -1.49. The largest absolute Gasteiger partial charge is 0.480 e. The minimum Gasteiger partial charge on any atom is -0.480 e. The number of hydrogen-bond donors (Lipinski definition) is 2. The highest BCUT2D eigenvalue weighted by atomic mass is 32.2. The summed E-state index contributed by atoms with van der Waals surface area (Å²) in [6, 6.07) is 7.93. The SMILES string of the molecule is CC(C)[C@H](NS(=O)c1ccccc1)C(=O)O. The maximum absolute atomic E-state index is 11.8. The molecule has 0 aliphatic heterocycles. The molecule has 88 valence electrons. The summed E-state index contributed by atoms with van der Waals surface area (Å²) in [5, 5.41) is 8.94. The summed E-state index contributed by atoms with van der Waals surface area (Å²) in [5.74, 6) is -1.11. The van der Waals surface area contributed by atoms with Crippen LogP contribution in [-0.2, 0) is 15.8 Å². The minimum atomic E-state index is -1.49. The van der Waals surface area contributed by atoms with Crippen LogP contribution in [-0.4, -0.2) is 21.3 Å². The molecule has 0 saturated carbocycles. The molecule has 0 amide bonds. The molecule has 0 radical (unpaired) electrons. The topological polar surface area (TPSA) is 66.4 Å². The Morgan fingerprint density at radius 1 is 1.31 bits per heavy atom. The summed E-state index contributed by atoms with van der Waals surface area (Å²) >= 11 is 0. The Hall–Kier alpha value is -1.20. The molecule has 5 heteroatoms. The van der Waals surface area contributed by atoms with Gasteiger partial charge in [-0.3, -0.25) is 4.79 Å². The molecule has 1 rings (SSSR count). The van der Waals surface area contributed by atoms with E-state index in [1.807, 2.05) is 6.07 Å². The molecule has 2 atom stereocenters. The molecule has 0 heterocycles. The van der Waals surface area contributed by atoms with Gasteiger partial charge in [-0.2, -0.15) is 0 Å². The van der Waals surface area contributed by atoms with E-state index in [1.54, 1.807) is 38.1 Å². The van der Waals surface area contributed by atoms with Gasteiger partial charge in [0.05, 0.1) is 4.90 Å². The Balaban J connectivity index is 2.74. The zero-order valence-corrected chi connectivity index (χ0v) is 10.0. The van der Waals surface area contributed by atoms with E-state index in [1.165, 1.54) is 0 Å². The van der Waals surface area contributed by atoms with Crippen molar-refractivity contribution in [2.75, 3.05) is 0 Å². The van der Waals surface area contributed by atoms with E-state index >= 15 is 0 Å². The Morgan fingerprint density at radius 3 is 2.31 bits per heavy atom. The molecule has 0 spiro atoms. The number of carboxylic acid groups (broad SMARTS) is 1. The summed E-state index contributed by atoms with van der Waals surface area (Å²) < 4.78 is 14.4. The van der Waals surface area contributed by atoms with Gasteiger partial charge in [-0.25, -0.2) is 8.93 Å². The molecule has 0 fully saturated rings. The molecule has 1 aromatic carbocycles. The molecular weight excluding hydrogens is 226 g/mol. The Bertz CT molecular complexity index is 378. The molecule has 0 aliphatic carbocycles. The van der Waals surface area contributed by atoms with Crippen molar-refractivity contribution >= 4 is 17.0 Å². The van der Waals surface area contributed by atoms with Crippen molar-refractivity contribution in [1.29, 1.82) is 0 Å². The van der Waals surface area contributed by atoms with Crippen LogP contribution in [0.1, 0.15) is 13.8 Å². The lowest BCUT2D eigenvalue weighted by Crippen LogP contribution is -2.41. The second-order valence-corrected chi connectivity index (χ2v) is 5.00. The van der Waals surface area contributed by atoms with E-state index in [0.29, 0.717) is 4.90 Å². The molecule has 16 heavy (non-hydrogen) atoms. The lowest BCUT2D eigenvalue weighted by molar-refractivity contribution is -0.140. The third kappa shape index (κ3) is 3.43. The summed E-state index contributed by atoms with van der Waals surface area (Å²) in [6.07, 6.45) is 0. The normalized spacial score (nSPS) is 14.7. The maximum atomic E-state index is 11.8. The smallest absolute Gasteiger partial charge is 0.321 e. The van der Waals surface area contributed by atoms with Crippen LogP contribution in [0.15, 0.2) is 35.2 Å². The molecule has 0 aliphatic rings. The number of aliphatic carboxylic acids is 1. The predicted molar refractivity (Wildman–Crippen MR) is 62.2 cm³/mol. The van der Waals surface area contributed by atoms with Crippen molar-refractivity contribution in [1.82, 2.24) is 4.72 Å². The third-order valence-electron chi connectivity index (χ3n) is 2.12. The van der Waals surface area contributed by atoms with Crippen molar-refractivity contribution in [3.05, 3.63) is 30.3 Å². The minimum absolute atomic E-state index is 0.120. The number of nitrogens with one attached hydrogen (secondary N) is 1. The van der Waals surface area contributed by atoms with Gasteiger partial charge >= 0.3 is 5.97 Å². The first-order valence-corrected chi connectivity index (χ1v) is 6.13. The Morgan fingerprint density at radius 2 is 1.88 bits per heavy atom. The lowest BCUT2D eigenvalue weighted by Gasteiger charge is -2.16. The van der Waals surface area contributed by atoms with E-state index in [9.17, 15) is 9.00 Å². The summed E-state index contributed by atoms with van der Waals surface area (Å²) in [6.45, 7) is 3.54. The van der Waals surface area contributed by atoms with Crippen LogP contribution in [0.2, 0.25) is 0 Å². The first kappa shape index (κ1) is 12.9. The number of rotatable bonds is 5. The number of carbonyl (C=O) groups is 1. The lowest BCUT2D eigenvalue weighted by atomic mass is 10.1. The summed E-state index contributed by atoms with van der Waals surface area (Å²) in [4.78, 5) is 11.5. The van der Waals surface area contributed by atoms with Crippen LogP contribution < -0.4 is 4.72 Å². The van der Waals surface area contributed by atoms with Gasteiger partial charge in [0.2, 0.25) is 0 Å². The van der Waals surface area contributed by atoms with E-state index in [0.717, 1.165) is 0 Å². The highest BCUT2D eigenvalue weighted by Crippen LogP contribution is 2.08. The fraction of sp³-hybridized carbons (Fsp3) is 0.364. The Kier molecular flexibility index (Phi) is 4.64. The quantitative estimate of drug-likeness (QED) is 0.819. The molecule has 0 saturated heterocycles. The van der Waals surface area contributed by atoms with Crippen LogP contribution in [0.4, 0.5) is 0 Å². The van der Waals surface area contributed by atoms with Gasteiger partial charge in [-0.15, -0.1) is 0 Å². The van der Waals surface area contributed by atoms with Gasteiger partial charge in [0.1, 0.15) is 17.0 Å². The monoisotopic (exact) mass is 241 g/mol. The van der Waals surface area contributed by atoms with E-state index in [-0.39, 0.29) is 5.92 Å². The van der Waals surface area contributed by atoms with Crippen LogP contribution >= 0.6 is 0 Å². The van der Waals surface area contributed by atoms with Crippen LogP contribution in [0, 0.1) is 5.92 Å². The molecule has 2 N–H and O–H groups in total. The first-order chi connectivity index (χ1) is 7.52. The zero-order chi connectivity index (χ0) is 12.1. The van der Waals surface area contributed by atoms with Crippen LogP contribution in [0.3, 0.4) is 0 Å². The van der Waals surface area contributed by atoms with E-state index < -0.39 is 23.0 Å². The third-order valence-corrected chi connectivity index (χ3v) is 3.29. The fourth-order valence-electron chi connectivity index (χ4n) is 1.20.